The fourth-order valence-electron chi connectivity index (χ4n) is 2.47. The second-order valence-electron chi connectivity index (χ2n) is 6.83. The molecular weight excluding hydrogens is 383 g/mol. The molecule has 160 valence electrons. The molecule has 9 heteroatoms. The van der Waals surface area contributed by atoms with Crippen LogP contribution in [0.5, 0.6) is 0 Å². The maximum absolute atomic E-state index is 12.8. The van der Waals surface area contributed by atoms with Gasteiger partial charge in [0.05, 0.1) is 13.5 Å². The predicted molar refractivity (Wildman–Crippen MR) is 103 cm³/mol. The molecule has 0 fully saturated rings. The van der Waals surface area contributed by atoms with E-state index in [1.165, 1.54) is 0 Å². The van der Waals surface area contributed by atoms with Crippen molar-refractivity contribution in [1.82, 2.24) is 10.6 Å². The maximum Gasteiger partial charge on any atom is 0.408 e. The maximum atomic E-state index is 12.8. The van der Waals surface area contributed by atoms with Crippen molar-refractivity contribution in [2.75, 3.05) is 13.8 Å². The third-order valence-electron chi connectivity index (χ3n) is 3.96. The molecule has 0 saturated heterocycles. The highest BCUT2D eigenvalue weighted by Crippen LogP contribution is 2.08. The van der Waals surface area contributed by atoms with Crippen molar-refractivity contribution < 1.29 is 33.0 Å². The number of hydrogen-bond donors (Lipinski definition) is 2. The molecule has 0 aliphatic heterocycles. The van der Waals surface area contributed by atoms with Crippen LogP contribution in [-0.2, 0) is 30.5 Å². The number of halogens is 1. The van der Waals surface area contributed by atoms with Gasteiger partial charge in [-0.3, -0.25) is 14.4 Å². The summed E-state index contributed by atoms with van der Waals surface area (Å²) < 4.78 is 22.4. The largest absolute Gasteiger partial charge is 0.469 e. The number of amides is 2. The number of ketones is 1. The first-order valence-electron chi connectivity index (χ1n) is 9.19. The molecule has 0 aliphatic carbocycles. The van der Waals surface area contributed by atoms with Gasteiger partial charge < -0.3 is 20.1 Å². The Morgan fingerprint density at radius 3 is 2.24 bits per heavy atom. The van der Waals surface area contributed by atoms with Crippen LogP contribution in [0.4, 0.5) is 9.18 Å². The number of alkyl carbamates (subject to hydrolysis) is 1. The quantitative estimate of drug-likeness (QED) is 0.539. The Labute approximate surface area is 169 Å². The number of hydrogen-bond acceptors (Lipinski definition) is 6. The van der Waals surface area contributed by atoms with E-state index in [0.29, 0.717) is 0 Å². The number of rotatable bonds is 11. The molecule has 0 heterocycles. The SMILES string of the molecule is COC(=O)CC(NC(=O)C(CC(C)C)NC(=O)OCc1ccccc1)C(=O)CF. The van der Waals surface area contributed by atoms with Crippen LogP contribution in [0.2, 0.25) is 0 Å². The first-order chi connectivity index (χ1) is 13.8. The van der Waals surface area contributed by atoms with Crippen LogP contribution in [0, 0.1) is 5.92 Å². The first kappa shape index (κ1) is 24.1. The van der Waals surface area contributed by atoms with E-state index in [1.54, 1.807) is 24.3 Å². The van der Waals surface area contributed by atoms with E-state index >= 15 is 0 Å². The lowest BCUT2D eigenvalue weighted by molar-refractivity contribution is -0.143. The van der Waals surface area contributed by atoms with Gasteiger partial charge in [-0.05, 0) is 17.9 Å². The van der Waals surface area contributed by atoms with Crippen LogP contribution in [0.15, 0.2) is 30.3 Å². The summed E-state index contributed by atoms with van der Waals surface area (Å²) >= 11 is 0. The summed E-state index contributed by atoms with van der Waals surface area (Å²) in [5, 5.41) is 4.77. The standard InChI is InChI=1S/C20H27FN2O6/c1-13(2)9-16(23-20(27)29-12-14-7-5-4-6-8-14)19(26)22-15(17(24)11-21)10-18(25)28-3/h4-8,13,15-16H,9-12H2,1-3H3,(H,22,26)(H,23,27). The molecule has 0 saturated carbocycles. The van der Waals surface area contributed by atoms with Crippen LogP contribution in [0.3, 0.4) is 0 Å². The predicted octanol–water partition coefficient (Wildman–Crippen LogP) is 1.91. The number of ether oxygens (including phenoxy) is 2. The van der Waals surface area contributed by atoms with Gasteiger partial charge in [0, 0.05) is 0 Å². The average Bonchev–Trinajstić information content (AvgIpc) is 2.70. The summed E-state index contributed by atoms with van der Waals surface area (Å²) in [5.74, 6) is -2.42. The van der Waals surface area contributed by atoms with Crippen LogP contribution in [0.25, 0.3) is 0 Å². The monoisotopic (exact) mass is 410 g/mol. The summed E-state index contributed by atoms with van der Waals surface area (Å²) in [7, 11) is 1.12. The van der Waals surface area contributed by atoms with Crippen molar-refractivity contribution in [3.8, 4) is 0 Å². The van der Waals surface area contributed by atoms with E-state index in [0.717, 1.165) is 12.7 Å². The number of Topliss-reactive ketones (excluding diaryl/α,β-unsaturated/α-hetero) is 1. The Hall–Kier alpha value is -2.97. The van der Waals surface area contributed by atoms with Crippen molar-refractivity contribution in [2.24, 2.45) is 5.92 Å². The van der Waals surface area contributed by atoms with Gasteiger partial charge in [-0.15, -0.1) is 0 Å². The average molecular weight is 410 g/mol. The molecule has 0 aliphatic rings. The lowest BCUT2D eigenvalue weighted by Gasteiger charge is -2.23. The molecule has 2 atom stereocenters. The highest BCUT2D eigenvalue weighted by Gasteiger charge is 2.29. The molecule has 8 nitrogen and oxygen atoms in total. The van der Waals surface area contributed by atoms with E-state index in [-0.39, 0.29) is 18.9 Å². The van der Waals surface area contributed by atoms with E-state index in [9.17, 15) is 23.6 Å². The Morgan fingerprint density at radius 1 is 1.03 bits per heavy atom. The van der Waals surface area contributed by atoms with Crippen molar-refractivity contribution in [2.45, 2.75) is 45.4 Å². The van der Waals surface area contributed by atoms with Gasteiger partial charge in [-0.25, -0.2) is 9.18 Å². The number of nitrogens with one attached hydrogen (secondary N) is 2. The van der Waals surface area contributed by atoms with Gasteiger partial charge in [0.15, 0.2) is 5.78 Å². The van der Waals surface area contributed by atoms with E-state index in [2.05, 4.69) is 15.4 Å². The normalized spacial score (nSPS) is 12.6. The Morgan fingerprint density at radius 2 is 1.69 bits per heavy atom. The highest BCUT2D eigenvalue weighted by molar-refractivity contribution is 5.94. The fourth-order valence-corrected chi connectivity index (χ4v) is 2.47. The molecule has 1 rings (SSSR count). The zero-order chi connectivity index (χ0) is 21.8. The lowest BCUT2D eigenvalue weighted by atomic mass is 10.0. The second-order valence-corrected chi connectivity index (χ2v) is 6.83. The summed E-state index contributed by atoms with van der Waals surface area (Å²) in [6, 6.07) is 6.60. The van der Waals surface area contributed by atoms with Gasteiger partial charge in [-0.1, -0.05) is 44.2 Å². The molecule has 0 bridgehead atoms. The molecule has 0 spiro atoms. The number of carbonyl (C=O) groups excluding carboxylic acids is 4. The lowest BCUT2D eigenvalue weighted by Crippen LogP contribution is -2.52. The van der Waals surface area contributed by atoms with Crippen molar-refractivity contribution >= 4 is 23.8 Å². The van der Waals surface area contributed by atoms with E-state index in [4.69, 9.17) is 4.74 Å². The fraction of sp³-hybridized carbons (Fsp3) is 0.500. The smallest absolute Gasteiger partial charge is 0.408 e. The zero-order valence-electron chi connectivity index (χ0n) is 16.8. The third kappa shape index (κ3) is 9.18. The Balaban J connectivity index is 2.75. The van der Waals surface area contributed by atoms with E-state index < -0.39 is 48.9 Å². The topological polar surface area (TPSA) is 111 Å². The molecule has 2 amide bonds. The number of methoxy groups -OCH3 is 1. The van der Waals surface area contributed by atoms with Gasteiger partial charge >= 0.3 is 12.1 Å². The minimum absolute atomic E-state index is 0.0218. The molecule has 0 radical (unpaired) electrons. The molecule has 2 unspecified atom stereocenters. The minimum atomic E-state index is -1.38. The van der Waals surface area contributed by atoms with Crippen LogP contribution in [0.1, 0.15) is 32.3 Å². The van der Waals surface area contributed by atoms with Crippen LogP contribution >= 0.6 is 0 Å². The van der Waals surface area contributed by atoms with E-state index in [1.807, 2.05) is 19.9 Å². The van der Waals surface area contributed by atoms with Crippen molar-refractivity contribution in [3.63, 3.8) is 0 Å². The van der Waals surface area contributed by atoms with Crippen LogP contribution < -0.4 is 10.6 Å². The van der Waals surface area contributed by atoms with Gasteiger partial charge in [0.2, 0.25) is 5.91 Å². The first-order valence-corrected chi connectivity index (χ1v) is 9.19. The van der Waals surface area contributed by atoms with Crippen molar-refractivity contribution in [1.29, 1.82) is 0 Å². The second kappa shape index (κ2) is 12.5. The number of esters is 1. The molecule has 29 heavy (non-hydrogen) atoms. The minimum Gasteiger partial charge on any atom is -0.469 e. The molecular formula is C20H27FN2O6. The molecule has 2 N–H and O–H groups in total. The Bertz CT molecular complexity index is 695. The number of alkyl halides is 1. The number of carbonyl (C=O) groups is 4. The van der Waals surface area contributed by atoms with Gasteiger partial charge in [0.1, 0.15) is 25.4 Å². The van der Waals surface area contributed by atoms with Gasteiger partial charge in [0.25, 0.3) is 0 Å². The highest BCUT2D eigenvalue weighted by atomic mass is 19.1. The number of benzene rings is 1. The Kier molecular flexibility index (Phi) is 10.4. The van der Waals surface area contributed by atoms with Gasteiger partial charge in [-0.2, -0.15) is 0 Å². The van der Waals surface area contributed by atoms with Crippen molar-refractivity contribution in [3.05, 3.63) is 35.9 Å². The molecule has 0 aromatic heterocycles. The summed E-state index contributed by atoms with van der Waals surface area (Å²) in [6.07, 6.45) is -1.06. The molecule has 1 aromatic rings. The van der Waals surface area contributed by atoms with Crippen LogP contribution in [-0.4, -0.2) is 49.6 Å². The zero-order valence-corrected chi connectivity index (χ0v) is 16.8. The summed E-state index contributed by atoms with van der Waals surface area (Å²) in [5.41, 5.74) is 0.777. The third-order valence-corrected chi connectivity index (χ3v) is 3.96. The summed E-state index contributed by atoms with van der Waals surface area (Å²) in [6.45, 7) is 2.36. The summed E-state index contributed by atoms with van der Waals surface area (Å²) in [4.78, 5) is 47.8. The molecule has 1 aromatic carbocycles.